The van der Waals surface area contributed by atoms with E-state index in [1.165, 1.54) is 12.1 Å². The van der Waals surface area contributed by atoms with Crippen LogP contribution in [0.1, 0.15) is 56.3 Å². The molecule has 1 aliphatic carbocycles. The van der Waals surface area contributed by atoms with Crippen LogP contribution in [0.4, 0.5) is 0 Å². The molecule has 32 heavy (non-hydrogen) atoms. The Morgan fingerprint density at radius 2 is 1.97 bits per heavy atom. The van der Waals surface area contributed by atoms with Gasteiger partial charge >= 0.3 is 5.97 Å². The molecule has 4 atom stereocenters. The van der Waals surface area contributed by atoms with Crippen LogP contribution in [0.5, 0.6) is 0 Å². The predicted molar refractivity (Wildman–Crippen MR) is 120 cm³/mol. The van der Waals surface area contributed by atoms with E-state index in [4.69, 9.17) is 21.1 Å². The van der Waals surface area contributed by atoms with E-state index in [0.717, 1.165) is 38.2 Å². The molecule has 1 aromatic carbocycles. The Hall–Kier alpha value is -1.68. The number of ether oxygens (including phenoxy) is 2. The number of rotatable bonds is 8. The van der Waals surface area contributed by atoms with E-state index < -0.39 is 22.6 Å². The molecule has 10 heteroatoms. The molecule has 3 rings (SSSR count). The lowest BCUT2D eigenvalue weighted by Gasteiger charge is -2.34. The van der Waals surface area contributed by atoms with Crippen molar-refractivity contribution in [2.24, 2.45) is 11.8 Å². The van der Waals surface area contributed by atoms with Crippen molar-refractivity contribution in [3.63, 3.8) is 0 Å². The highest BCUT2D eigenvalue weighted by atomic mass is 35.5. The van der Waals surface area contributed by atoms with Crippen molar-refractivity contribution in [3.8, 4) is 0 Å². The SMILES string of the molecule is CC1CCCC(NC(=O)COC(=O)c2ccc(Cl)c(S(=O)(=O)NCC3CCCO3)c2)C1C. The quantitative estimate of drug-likeness (QED) is 0.546. The molecule has 4 unspecified atom stereocenters. The minimum absolute atomic E-state index is 0.000604. The van der Waals surface area contributed by atoms with Gasteiger partial charge in [0, 0.05) is 19.2 Å². The molecule has 1 amide bonds. The van der Waals surface area contributed by atoms with Crippen LogP contribution in [0.15, 0.2) is 23.1 Å². The number of amides is 1. The van der Waals surface area contributed by atoms with Gasteiger partial charge in [-0.25, -0.2) is 17.9 Å². The molecular formula is C22H31ClN2O6S. The second kappa shape index (κ2) is 11.0. The second-order valence-corrected chi connectivity index (χ2v) is 10.8. The van der Waals surface area contributed by atoms with E-state index in [9.17, 15) is 18.0 Å². The number of hydrogen-bond donors (Lipinski definition) is 2. The number of esters is 1. The molecule has 1 saturated carbocycles. The summed E-state index contributed by atoms with van der Waals surface area (Å²) < 4.78 is 38.3. The largest absolute Gasteiger partial charge is 0.452 e. The highest BCUT2D eigenvalue weighted by Gasteiger charge is 2.28. The van der Waals surface area contributed by atoms with Crippen molar-refractivity contribution >= 4 is 33.5 Å². The topological polar surface area (TPSA) is 111 Å². The van der Waals surface area contributed by atoms with Gasteiger partial charge in [-0.15, -0.1) is 0 Å². The van der Waals surface area contributed by atoms with Crippen LogP contribution in [0, 0.1) is 11.8 Å². The summed E-state index contributed by atoms with van der Waals surface area (Å²) in [6.45, 7) is 4.60. The van der Waals surface area contributed by atoms with E-state index >= 15 is 0 Å². The molecule has 1 saturated heterocycles. The zero-order valence-electron chi connectivity index (χ0n) is 18.4. The molecule has 0 aromatic heterocycles. The lowest BCUT2D eigenvalue weighted by molar-refractivity contribution is -0.125. The number of benzene rings is 1. The van der Waals surface area contributed by atoms with Gasteiger partial charge in [0.15, 0.2) is 6.61 Å². The summed E-state index contributed by atoms with van der Waals surface area (Å²) in [4.78, 5) is 24.5. The molecule has 2 N–H and O–H groups in total. The molecule has 2 fully saturated rings. The third-order valence-corrected chi connectivity index (χ3v) is 8.27. The van der Waals surface area contributed by atoms with Gasteiger partial charge in [0.1, 0.15) is 4.90 Å². The summed E-state index contributed by atoms with van der Waals surface area (Å²) in [6, 6.07) is 3.91. The molecule has 0 radical (unpaired) electrons. The first-order valence-electron chi connectivity index (χ1n) is 11.0. The van der Waals surface area contributed by atoms with Crippen molar-refractivity contribution in [2.75, 3.05) is 19.8 Å². The maximum atomic E-state index is 12.7. The van der Waals surface area contributed by atoms with Crippen LogP contribution in [-0.4, -0.2) is 52.2 Å². The Balaban J connectivity index is 1.57. The highest BCUT2D eigenvalue weighted by Crippen LogP contribution is 2.29. The van der Waals surface area contributed by atoms with Crippen LogP contribution in [0.2, 0.25) is 5.02 Å². The van der Waals surface area contributed by atoms with Crippen molar-refractivity contribution in [1.29, 1.82) is 0 Å². The average molecular weight is 487 g/mol. The third kappa shape index (κ3) is 6.43. The number of halogens is 1. The molecule has 2 aliphatic rings. The molecule has 1 heterocycles. The highest BCUT2D eigenvalue weighted by molar-refractivity contribution is 7.89. The third-order valence-electron chi connectivity index (χ3n) is 6.37. The molecular weight excluding hydrogens is 456 g/mol. The maximum Gasteiger partial charge on any atom is 0.338 e. The van der Waals surface area contributed by atoms with Gasteiger partial charge in [-0.2, -0.15) is 0 Å². The van der Waals surface area contributed by atoms with Crippen LogP contribution in [-0.2, 0) is 24.3 Å². The molecule has 1 aromatic rings. The van der Waals surface area contributed by atoms with Gasteiger partial charge in [-0.1, -0.05) is 38.3 Å². The molecule has 178 valence electrons. The summed E-state index contributed by atoms with van der Waals surface area (Å²) in [7, 11) is -3.95. The summed E-state index contributed by atoms with van der Waals surface area (Å²) in [5.74, 6) is -0.281. The minimum atomic E-state index is -3.95. The van der Waals surface area contributed by atoms with Crippen LogP contribution in [0.25, 0.3) is 0 Å². The number of sulfonamides is 1. The average Bonchev–Trinajstić information content (AvgIpc) is 3.28. The van der Waals surface area contributed by atoms with Crippen molar-refractivity contribution in [2.45, 2.75) is 63.0 Å². The van der Waals surface area contributed by atoms with Crippen molar-refractivity contribution in [1.82, 2.24) is 10.0 Å². The van der Waals surface area contributed by atoms with Crippen LogP contribution >= 0.6 is 11.6 Å². The lowest BCUT2D eigenvalue weighted by atomic mass is 9.78. The van der Waals surface area contributed by atoms with E-state index in [0.29, 0.717) is 18.4 Å². The van der Waals surface area contributed by atoms with E-state index in [2.05, 4.69) is 23.9 Å². The Kier molecular flexibility index (Phi) is 8.55. The Labute approximate surface area is 194 Å². The van der Waals surface area contributed by atoms with Crippen LogP contribution in [0.3, 0.4) is 0 Å². The van der Waals surface area contributed by atoms with Gasteiger partial charge in [0.25, 0.3) is 5.91 Å². The summed E-state index contributed by atoms with van der Waals surface area (Å²) in [6.07, 6.45) is 4.60. The van der Waals surface area contributed by atoms with Gasteiger partial charge < -0.3 is 14.8 Å². The Morgan fingerprint density at radius 1 is 1.19 bits per heavy atom. The van der Waals surface area contributed by atoms with Crippen molar-refractivity contribution < 1.29 is 27.5 Å². The Bertz CT molecular complexity index is 932. The first kappa shape index (κ1) is 25.0. The van der Waals surface area contributed by atoms with Crippen molar-refractivity contribution in [3.05, 3.63) is 28.8 Å². The first-order chi connectivity index (χ1) is 15.2. The number of carbonyl (C=O) groups excluding carboxylic acids is 2. The van der Waals surface area contributed by atoms with Gasteiger partial charge in [-0.05, 0) is 49.3 Å². The fourth-order valence-corrected chi connectivity index (χ4v) is 5.76. The second-order valence-electron chi connectivity index (χ2n) is 8.65. The van der Waals surface area contributed by atoms with Gasteiger partial charge in [0.2, 0.25) is 10.0 Å². The number of carbonyl (C=O) groups is 2. The smallest absolute Gasteiger partial charge is 0.338 e. The van der Waals surface area contributed by atoms with Gasteiger partial charge in [-0.3, -0.25) is 4.79 Å². The van der Waals surface area contributed by atoms with Gasteiger partial charge in [0.05, 0.1) is 16.7 Å². The van der Waals surface area contributed by atoms with E-state index in [1.54, 1.807) is 0 Å². The zero-order chi connectivity index (χ0) is 23.3. The van der Waals surface area contributed by atoms with E-state index in [-0.39, 0.29) is 40.1 Å². The first-order valence-corrected chi connectivity index (χ1v) is 12.9. The maximum absolute atomic E-state index is 12.7. The number of hydrogen-bond acceptors (Lipinski definition) is 6. The summed E-state index contributed by atoms with van der Waals surface area (Å²) in [5.41, 5.74) is -0.000604. The molecule has 0 bridgehead atoms. The predicted octanol–water partition coefficient (Wildman–Crippen LogP) is 2.90. The van der Waals surface area contributed by atoms with E-state index in [1.807, 2.05) is 0 Å². The summed E-state index contributed by atoms with van der Waals surface area (Å²) >= 11 is 6.08. The monoisotopic (exact) mass is 486 g/mol. The number of nitrogens with one attached hydrogen (secondary N) is 2. The zero-order valence-corrected chi connectivity index (χ0v) is 20.0. The lowest BCUT2D eigenvalue weighted by Crippen LogP contribution is -2.45. The normalized spacial score (nSPS) is 26.0. The molecule has 0 spiro atoms. The molecule has 8 nitrogen and oxygen atoms in total. The standard InChI is InChI=1S/C22H31ClN2O6S/c1-14-5-3-7-19(15(14)2)25-21(26)13-31-22(27)16-8-9-18(23)20(11-16)32(28,29)24-12-17-6-4-10-30-17/h8-9,11,14-15,17,19,24H,3-7,10,12-13H2,1-2H3,(H,25,26). The Morgan fingerprint density at radius 3 is 2.69 bits per heavy atom. The summed E-state index contributed by atoms with van der Waals surface area (Å²) in [5, 5.41) is 2.92. The fraction of sp³-hybridized carbons (Fsp3) is 0.636. The van der Waals surface area contributed by atoms with Crippen LogP contribution < -0.4 is 10.0 Å². The fourth-order valence-electron chi connectivity index (χ4n) is 4.17. The minimum Gasteiger partial charge on any atom is -0.452 e. The molecule has 1 aliphatic heterocycles.